The topological polar surface area (TPSA) is 116 Å². The first-order chi connectivity index (χ1) is 10.6. The van der Waals surface area contributed by atoms with Gasteiger partial charge in [0, 0.05) is 5.56 Å². The molecule has 0 saturated carbocycles. The smallest absolute Gasteiger partial charge is 0.348 e. The van der Waals surface area contributed by atoms with E-state index in [1.165, 1.54) is 18.6 Å². The largest absolute Gasteiger partial charge is 0.472 e. The molecule has 114 valence electrons. The summed E-state index contributed by atoms with van der Waals surface area (Å²) in [5, 5.41) is 9.32. The number of carbonyl (C=O) groups is 2. The van der Waals surface area contributed by atoms with Crippen molar-refractivity contribution in [3.63, 3.8) is 0 Å². The molecule has 2 heterocycles. The van der Waals surface area contributed by atoms with Crippen LogP contribution in [0.2, 0.25) is 0 Å². The monoisotopic (exact) mass is 320 g/mol. The van der Waals surface area contributed by atoms with Gasteiger partial charge in [-0.3, -0.25) is 0 Å². The predicted octanol–water partition coefficient (Wildman–Crippen LogP) is 2.33. The molecule has 22 heavy (non-hydrogen) atoms. The Labute approximate surface area is 129 Å². The fourth-order valence-electron chi connectivity index (χ4n) is 1.71. The normalized spacial score (nSPS) is 10.0. The molecule has 8 heteroatoms. The summed E-state index contributed by atoms with van der Waals surface area (Å²) in [5.41, 5.74) is 6.32. The van der Waals surface area contributed by atoms with E-state index in [2.05, 4.69) is 0 Å². The van der Waals surface area contributed by atoms with Crippen LogP contribution in [0.1, 0.15) is 38.1 Å². The van der Waals surface area contributed by atoms with Gasteiger partial charge in [0.25, 0.3) is 0 Å². The molecule has 2 aromatic heterocycles. The molecule has 2 rings (SSSR count). The van der Waals surface area contributed by atoms with Crippen molar-refractivity contribution in [2.45, 2.75) is 13.5 Å². The number of anilines is 1. The van der Waals surface area contributed by atoms with Gasteiger partial charge in [0.1, 0.15) is 28.8 Å². The number of rotatable bonds is 5. The zero-order valence-electron chi connectivity index (χ0n) is 11.6. The van der Waals surface area contributed by atoms with Gasteiger partial charge in [0.05, 0.1) is 24.0 Å². The molecular weight excluding hydrogens is 308 g/mol. The second kappa shape index (κ2) is 6.78. The summed E-state index contributed by atoms with van der Waals surface area (Å²) in [6.45, 7) is 1.60. The van der Waals surface area contributed by atoms with E-state index >= 15 is 0 Å². The van der Waals surface area contributed by atoms with Crippen molar-refractivity contribution in [1.82, 2.24) is 0 Å². The number of esters is 2. The number of nitrogen functional groups attached to an aromatic ring is 1. The zero-order chi connectivity index (χ0) is 16.1. The number of hydrogen-bond acceptors (Lipinski definition) is 8. The summed E-state index contributed by atoms with van der Waals surface area (Å²) >= 11 is 0.934. The van der Waals surface area contributed by atoms with Gasteiger partial charge >= 0.3 is 11.9 Å². The number of hydrogen-bond donors (Lipinski definition) is 1. The summed E-state index contributed by atoms with van der Waals surface area (Å²) in [6.07, 6.45) is 2.58. The van der Waals surface area contributed by atoms with Gasteiger partial charge in [-0.05, 0) is 13.0 Å². The molecule has 7 nitrogen and oxygen atoms in total. The maximum Gasteiger partial charge on any atom is 0.348 e. The molecule has 0 saturated heterocycles. The number of nitrogens with two attached hydrogens (primary N) is 1. The van der Waals surface area contributed by atoms with Crippen LogP contribution in [0.5, 0.6) is 0 Å². The molecule has 0 unspecified atom stereocenters. The van der Waals surface area contributed by atoms with Crippen LogP contribution in [-0.2, 0) is 16.1 Å². The molecule has 0 fully saturated rings. The summed E-state index contributed by atoms with van der Waals surface area (Å²) in [4.78, 5) is 23.8. The van der Waals surface area contributed by atoms with Crippen molar-refractivity contribution in [3.05, 3.63) is 40.2 Å². The van der Waals surface area contributed by atoms with Gasteiger partial charge in [-0.1, -0.05) is 0 Å². The van der Waals surface area contributed by atoms with E-state index in [1.54, 1.807) is 6.92 Å². The Hall–Kier alpha value is -2.79. The zero-order valence-corrected chi connectivity index (χ0v) is 12.4. The second-order valence-electron chi connectivity index (χ2n) is 4.07. The molecule has 0 radical (unpaired) electrons. The molecule has 2 N–H and O–H groups in total. The molecule has 0 bridgehead atoms. The number of thiophene rings is 1. The van der Waals surface area contributed by atoms with Crippen LogP contribution in [-0.4, -0.2) is 18.5 Å². The highest BCUT2D eigenvalue weighted by molar-refractivity contribution is 7.18. The van der Waals surface area contributed by atoms with E-state index < -0.39 is 11.9 Å². The maximum absolute atomic E-state index is 11.9. The first kappa shape index (κ1) is 15.6. The predicted molar refractivity (Wildman–Crippen MR) is 77.2 cm³/mol. The Morgan fingerprint density at radius 3 is 2.77 bits per heavy atom. The van der Waals surface area contributed by atoms with Crippen LogP contribution >= 0.6 is 11.3 Å². The number of carbonyl (C=O) groups excluding carboxylic acids is 2. The third-order valence-electron chi connectivity index (χ3n) is 2.71. The van der Waals surface area contributed by atoms with Crippen molar-refractivity contribution in [3.8, 4) is 6.07 Å². The quantitative estimate of drug-likeness (QED) is 0.840. The first-order valence-corrected chi connectivity index (χ1v) is 7.07. The SMILES string of the molecule is CCOC(=O)c1sc(N)c(C#N)c1COC(=O)c1ccoc1. The summed E-state index contributed by atoms with van der Waals surface area (Å²) < 4.78 is 14.8. The Balaban J connectivity index is 2.23. The van der Waals surface area contributed by atoms with E-state index in [0.29, 0.717) is 0 Å². The average Bonchev–Trinajstić information content (AvgIpc) is 3.12. The Kier molecular flexibility index (Phi) is 4.80. The Bertz CT molecular complexity index is 727. The number of furan rings is 1. The molecule has 0 atom stereocenters. The van der Waals surface area contributed by atoms with E-state index in [0.717, 1.165) is 11.3 Å². The highest BCUT2D eigenvalue weighted by Crippen LogP contribution is 2.32. The highest BCUT2D eigenvalue weighted by Gasteiger charge is 2.24. The van der Waals surface area contributed by atoms with E-state index in [4.69, 9.17) is 24.9 Å². The lowest BCUT2D eigenvalue weighted by Crippen LogP contribution is -2.09. The lowest BCUT2D eigenvalue weighted by atomic mass is 10.1. The van der Waals surface area contributed by atoms with Gasteiger partial charge in [-0.2, -0.15) is 5.26 Å². The van der Waals surface area contributed by atoms with Crippen LogP contribution in [0, 0.1) is 11.3 Å². The maximum atomic E-state index is 11.9. The molecule has 0 aromatic carbocycles. The summed E-state index contributed by atoms with van der Waals surface area (Å²) in [7, 11) is 0. The summed E-state index contributed by atoms with van der Waals surface area (Å²) in [6, 6.07) is 3.35. The lowest BCUT2D eigenvalue weighted by molar-refractivity contribution is 0.0452. The highest BCUT2D eigenvalue weighted by atomic mass is 32.1. The molecule has 0 spiro atoms. The molecule has 0 amide bonds. The van der Waals surface area contributed by atoms with Crippen LogP contribution < -0.4 is 5.73 Å². The van der Waals surface area contributed by atoms with Crippen molar-refractivity contribution in [2.75, 3.05) is 12.3 Å². The Morgan fingerprint density at radius 1 is 1.41 bits per heavy atom. The fraction of sp³-hybridized carbons (Fsp3) is 0.214. The van der Waals surface area contributed by atoms with Crippen molar-refractivity contribution in [1.29, 1.82) is 5.26 Å². The van der Waals surface area contributed by atoms with Crippen molar-refractivity contribution in [2.24, 2.45) is 0 Å². The molecule has 2 aromatic rings. The van der Waals surface area contributed by atoms with Gasteiger partial charge in [0.2, 0.25) is 0 Å². The van der Waals surface area contributed by atoms with Crippen LogP contribution in [0.15, 0.2) is 23.0 Å². The van der Waals surface area contributed by atoms with Gasteiger partial charge in [0.15, 0.2) is 0 Å². The molecule has 0 aliphatic rings. The van der Waals surface area contributed by atoms with Gasteiger partial charge in [-0.25, -0.2) is 9.59 Å². The Morgan fingerprint density at radius 2 is 2.18 bits per heavy atom. The average molecular weight is 320 g/mol. The number of nitrogens with zero attached hydrogens (tertiary/aromatic N) is 1. The minimum atomic E-state index is -0.628. The minimum Gasteiger partial charge on any atom is -0.472 e. The molecule has 0 aliphatic heterocycles. The standard InChI is InChI=1S/C14H12N2O5S/c1-2-20-14(18)11-10(9(5-15)12(16)22-11)7-21-13(17)8-3-4-19-6-8/h3-4,6H,2,7,16H2,1H3. The number of ether oxygens (including phenoxy) is 2. The number of nitriles is 1. The minimum absolute atomic E-state index is 0.119. The van der Waals surface area contributed by atoms with Crippen LogP contribution in [0.25, 0.3) is 0 Å². The van der Waals surface area contributed by atoms with E-state index in [-0.39, 0.29) is 39.8 Å². The third-order valence-corrected chi connectivity index (χ3v) is 3.75. The second-order valence-corrected chi connectivity index (χ2v) is 5.12. The fourth-order valence-corrected chi connectivity index (χ4v) is 2.63. The van der Waals surface area contributed by atoms with Crippen LogP contribution in [0.4, 0.5) is 5.00 Å². The van der Waals surface area contributed by atoms with Crippen molar-refractivity contribution < 1.29 is 23.5 Å². The first-order valence-electron chi connectivity index (χ1n) is 6.26. The summed E-state index contributed by atoms with van der Waals surface area (Å²) in [5.74, 6) is -1.23. The van der Waals surface area contributed by atoms with Crippen LogP contribution in [0.3, 0.4) is 0 Å². The van der Waals surface area contributed by atoms with Gasteiger partial charge in [-0.15, -0.1) is 11.3 Å². The van der Waals surface area contributed by atoms with Crippen molar-refractivity contribution >= 4 is 28.3 Å². The van der Waals surface area contributed by atoms with E-state index in [1.807, 2.05) is 6.07 Å². The molecular formula is C14H12N2O5S. The lowest BCUT2D eigenvalue weighted by Gasteiger charge is -2.05. The third kappa shape index (κ3) is 3.10. The van der Waals surface area contributed by atoms with Gasteiger partial charge < -0.3 is 19.6 Å². The molecule has 0 aliphatic carbocycles. The van der Waals surface area contributed by atoms with E-state index in [9.17, 15) is 9.59 Å².